The lowest BCUT2D eigenvalue weighted by molar-refractivity contribution is 0.0624. The smallest absolute Gasteiger partial charge is 0.412 e. The molecule has 0 fully saturated rings. The van der Waals surface area contributed by atoms with Crippen LogP contribution in [0.2, 0.25) is 0 Å². The van der Waals surface area contributed by atoms with Gasteiger partial charge in [-0.05, 0) is 104 Å². The maximum Gasteiger partial charge on any atom is 0.412 e. The Labute approximate surface area is 225 Å². The van der Waals surface area contributed by atoms with Crippen molar-refractivity contribution in [3.63, 3.8) is 0 Å². The average molecular weight is 525 g/mol. The van der Waals surface area contributed by atoms with Crippen molar-refractivity contribution in [3.8, 4) is 22.6 Å². The van der Waals surface area contributed by atoms with Gasteiger partial charge in [-0.25, -0.2) is 9.59 Å². The maximum absolute atomic E-state index is 12.6. The van der Waals surface area contributed by atoms with Crippen LogP contribution in [0.4, 0.5) is 21.0 Å². The van der Waals surface area contributed by atoms with Crippen LogP contribution >= 0.6 is 0 Å². The monoisotopic (exact) mass is 524 g/mol. The normalized spacial score (nSPS) is 18.2. The number of benzene rings is 2. The van der Waals surface area contributed by atoms with E-state index in [1.807, 2.05) is 81.4 Å². The van der Waals surface area contributed by atoms with Crippen molar-refractivity contribution in [2.75, 3.05) is 10.6 Å². The van der Waals surface area contributed by atoms with Crippen LogP contribution in [0.5, 0.6) is 11.5 Å². The second-order valence-corrected chi connectivity index (χ2v) is 12.4. The minimum Gasteiger partial charge on any atom is -0.488 e. The highest BCUT2D eigenvalue weighted by molar-refractivity contribution is 5.94. The molecule has 8 heteroatoms. The van der Waals surface area contributed by atoms with E-state index in [0.717, 1.165) is 33.4 Å². The van der Waals surface area contributed by atoms with Gasteiger partial charge in [0.25, 0.3) is 0 Å². The molecule has 2 atom stereocenters. The molecule has 0 radical (unpaired) electrons. The third kappa shape index (κ3) is 5.84. The fraction of sp³-hybridized carbons (Fsp3) is 0.533. The van der Waals surface area contributed by atoms with E-state index in [1.54, 1.807) is 0 Å². The van der Waals surface area contributed by atoms with Crippen LogP contribution in [0.25, 0.3) is 11.1 Å². The predicted molar refractivity (Wildman–Crippen MR) is 149 cm³/mol. The molecule has 2 heterocycles. The summed E-state index contributed by atoms with van der Waals surface area (Å²) < 4.78 is 23.4. The van der Waals surface area contributed by atoms with Crippen LogP contribution in [-0.4, -0.2) is 35.6 Å². The summed E-state index contributed by atoms with van der Waals surface area (Å²) in [4.78, 5) is 25.2. The number of aryl methyl sites for hydroxylation is 2. The molecule has 0 unspecified atom stereocenters. The first-order valence-electron chi connectivity index (χ1n) is 13.2. The SMILES string of the molecule is Cc1cc(NC(=O)OC(C)(C)C)c2c(c1-c1c(C)cc(NC(=O)OC(C)(C)C)c3c1C[C@@H](C)O3)C[C@@H](C)O2. The Hall–Kier alpha value is -3.42. The number of carbonyl (C=O) groups excluding carboxylic acids is 2. The molecular weight excluding hydrogens is 484 g/mol. The van der Waals surface area contributed by atoms with Gasteiger partial charge in [-0.1, -0.05) is 0 Å². The summed E-state index contributed by atoms with van der Waals surface area (Å²) in [5, 5.41) is 5.78. The number of rotatable bonds is 3. The molecule has 2 aromatic rings. The molecule has 8 nitrogen and oxygen atoms in total. The minimum absolute atomic E-state index is 0.0404. The van der Waals surface area contributed by atoms with Crippen molar-refractivity contribution in [1.29, 1.82) is 0 Å². The van der Waals surface area contributed by atoms with E-state index in [9.17, 15) is 9.59 Å². The first-order chi connectivity index (χ1) is 17.5. The average Bonchev–Trinajstić information content (AvgIpc) is 3.29. The first kappa shape index (κ1) is 27.6. The molecule has 2 amide bonds. The van der Waals surface area contributed by atoms with Gasteiger partial charge < -0.3 is 18.9 Å². The van der Waals surface area contributed by atoms with Gasteiger partial charge in [-0.3, -0.25) is 10.6 Å². The number of carbonyl (C=O) groups is 2. The van der Waals surface area contributed by atoms with E-state index in [0.29, 0.717) is 35.7 Å². The van der Waals surface area contributed by atoms with Crippen LogP contribution in [-0.2, 0) is 22.3 Å². The van der Waals surface area contributed by atoms with E-state index >= 15 is 0 Å². The molecule has 0 saturated carbocycles. The van der Waals surface area contributed by atoms with Gasteiger partial charge in [-0.15, -0.1) is 0 Å². The Kier molecular flexibility index (Phi) is 7.06. The van der Waals surface area contributed by atoms with Crippen molar-refractivity contribution in [2.45, 2.75) is 105 Å². The third-order valence-electron chi connectivity index (χ3n) is 6.29. The second-order valence-electron chi connectivity index (χ2n) is 12.4. The Balaban J connectivity index is 1.80. The van der Waals surface area contributed by atoms with Crippen molar-refractivity contribution in [2.24, 2.45) is 0 Å². The Morgan fingerprint density at radius 1 is 0.737 bits per heavy atom. The number of hydrogen-bond donors (Lipinski definition) is 2. The van der Waals surface area contributed by atoms with Gasteiger partial charge >= 0.3 is 12.2 Å². The summed E-state index contributed by atoms with van der Waals surface area (Å²) in [6, 6.07) is 3.88. The Morgan fingerprint density at radius 2 is 1.08 bits per heavy atom. The molecule has 2 aliphatic heterocycles. The molecule has 2 N–H and O–H groups in total. The van der Waals surface area contributed by atoms with Crippen molar-refractivity contribution < 1.29 is 28.5 Å². The van der Waals surface area contributed by atoms with E-state index < -0.39 is 23.4 Å². The molecular formula is C30H40N2O6. The predicted octanol–water partition coefficient (Wildman–Crippen LogP) is 7.31. The van der Waals surface area contributed by atoms with Crippen LogP contribution in [0, 0.1) is 13.8 Å². The van der Waals surface area contributed by atoms with Gasteiger partial charge in [0.05, 0.1) is 11.4 Å². The highest BCUT2D eigenvalue weighted by atomic mass is 16.6. The van der Waals surface area contributed by atoms with Crippen LogP contribution in [0.15, 0.2) is 12.1 Å². The summed E-state index contributed by atoms with van der Waals surface area (Å²) in [7, 11) is 0. The molecule has 0 spiro atoms. The minimum atomic E-state index is -0.611. The molecule has 0 saturated heterocycles. The van der Waals surface area contributed by atoms with Gasteiger partial charge in [0.1, 0.15) is 34.9 Å². The fourth-order valence-corrected chi connectivity index (χ4v) is 5.16. The number of amides is 2. The Bertz CT molecular complexity index is 1190. The summed E-state index contributed by atoms with van der Waals surface area (Å²) >= 11 is 0. The fourth-order valence-electron chi connectivity index (χ4n) is 5.16. The zero-order chi connectivity index (χ0) is 28.2. The number of nitrogens with one attached hydrogen (secondary N) is 2. The summed E-state index contributed by atoms with van der Waals surface area (Å²) in [6.45, 7) is 19.1. The number of ether oxygens (including phenoxy) is 4. The van der Waals surface area contributed by atoms with Crippen molar-refractivity contribution >= 4 is 23.6 Å². The summed E-state index contributed by atoms with van der Waals surface area (Å²) in [5.74, 6) is 1.33. The molecule has 2 aliphatic rings. The molecule has 2 aromatic carbocycles. The molecule has 0 aromatic heterocycles. The second kappa shape index (κ2) is 9.71. The van der Waals surface area contributed by atoms with Crippen LogP contribution < -0.4 is 20.1 Å². The van der Waals surface area contributed by atoms with Gasteiger partial charge in [-0.2, -0.15) is 0 Å². The van der Waals surface area contributed by atoms with E-state index in [-0.39, 0.29) is 12.2 Å². The number of fused-ring (bicyclic) bond motifs is 2. The van der Waals surface area contributed by atoms with Gasteiger partial charge in [0.15, 0.2) is 0 Å². The molecule has 4 rings (SSSR count). The van der Waals surface area contributed by atoms with Gasteiger partial charge in [0, 0.05) is 24.0 Å². The molecule has 206 valence electrons. The molecule has 38 heavy (non-hydrogen) atoms. The van der Waals surface area contributed by atoms with E-state index in [1.165, 1.54) is 0 Å². The number of anilines is 2. The lowest BCUT2D eigenvalue weighted by atomic mass is 9.85. The van der Waals surface area contributed by atoms with Gasteiger partial charge in [0.2, 0.25) is 0 Å². The van der Waals surface area contributed by atoms with E-state index in [4.69, 9.17) is 18.9 Å². The third-order valence-corrected chi connectivity index (χ3v) is 6.29. The molecule has 0 bridgehead atoms. The largest absolute Gasteiger partial charge is 0.488 e. The maximum atomic E-state index is 12.6. The quantitative estimate of drug-likeness (QED) is 0.437. The lowest BCUT2D eigenvalue weighted by Crippen LogP contribution is -2.27. The Morgan fingerprint density at radius 3 is 1.39 bits per heavy atom. The zero-order valence-corrected chi connectivity index (χ0v) is 24.2. The van der Waals surface area contributed by atoms with Crippen LogP contribution in [0.1, 0.15) is 77.6 Å². The highest BCUT2D eigenvalue weighted by Crippen LogP contribution is 2.50. The van der Waals surface area contributed by atoms with Crippen molar-refractivity contribution in [3.05, 3.63) is 34.4 Å². The molecule has 0 aliphatic carbocycles. The summed E-state index contributed by atoms with van der Waals surface area (Å²) in [5.41, 5.74) is 6.23. The topological polar surface area (TPSA) is 95.1 Å². The highest BCUT2D eigenvalue weighted by Gasteiger charge is 2.34. The standard InChI is InChI=1S/C30H40N2O6/c1-15-11-21(31-27(33)37-29(5,6)7)25-19(13-17(3)35-25)23(15)24-16(2)12-22(26-20(24)14-18(4)36-26)32-28(34)38-30(8,9)10/h11-12,17-18H,13-14H2,1-10H3,(H,31,33)(H,32,34)/t17-,18-/m1/s1. The zero-order valence-electron chi connectivity index (χ0n) is 24.2. The van der Waals surface area contributed by atoms with Crippen LogP contribution in [0.3, 0.4) is 0 Å². The summed E-state index contributed by atoms with van der Waals surface area (Å²) in [6.07, 6.45) is 0.289. The van der Waals surface area contributed by atoms with Crippen molar-refractivity contribution in [1.82, 2.24) is 0 Å². The first-order valence-corrected chi connectivity index (χ1v) is 13.2. The lowest BCUT2D eigenvalue weighted by Gasteiger charge is -2.23. The number of hydrogen-bond acceptors (Lipinski definition) is 6. The van der Waals surface area contributed by atoms with E-state index in [2.05, 4.69) is 10.6 Å².